The number of carbonyl (C=O) groups is 3. The molecule has 2 unspecified atom stereocenters. The summed E-state index contributed by atoms with van der Waals surface area (Å²) in [4.78, 5) is 37.6. The summed E-state index contributed by atoms with van der Waals surface area (Å²) in [6.07, 6.45) is -0.0579. The fourth-order valence-corrected chi connectivity index (χ4v) is 6.12. The lowest BCUT2D eigenvalue weighted by Crippen LogP contribution is -2.61. The molecule has 11 heteroatoms. The second-order valence-corrected chi connectivity index (χ2v) is 11.1. The number of nitrogens with zero attached hydrogens (tertiary/aromatic N) is 1. The third-order valence-electron chi connectivity index (χ3n) is 6.45. The van der Waals surface area contributed by atoms with Crippen molar-refractivity contribution in [1.29, 1.82) is 0 Å². The number of alkyl carbamates (subject to hydrolysis) is 1. The molecule has 5 atom stereocenters. The van der Waals surface area contributed by atoms with Gasteiger partial charge in [-0.25, -0.2) is 9.59 Å². The van der Waals surface area contributed by atoms with Gasteiger partial charge in [0.15, 0.2) is 6.10 Å². The molecular formula is C24H38N2O8P+. The smallest absolute Gasteiger partial charge is 0.445 e. The first kappa shape index (κ1) is 29.0. The zero-order chi connectivity index (χ0) is 26.1. The van der Waals surface area contributed by atoms with Crippen LogP contribution in [0.4, 0.5) is 9.59 Å². The summed E-state index contributed by atoms with van der Waals surface area (Å²) < 4.78 is 28.8. The highest BCUT2D eigenvalue weighted by molar-refractivity contribution is 7.53. The number of rotatable bonds is 12. The summed E-state index contributed by atoms with van der Waals surface area (Å²) in [6.45, 7) is 5.35. The van der Waals surface area contributed by atoms with Crippen molar-refractivity contribution < 1.29 is 42.3 Å². The lowest BCUT2D eigenvalue weighted by Gasteiger charge is -2.32. The Hall–Kier alpha value is -2.26. The number of hydrogen-bond donors (Lipinski definition) is 2. The minimum absolute atomic E-state index is 0.0878. The molecule has 1 aliphatic heterocycles. The number of likely N-dealkylation sites (tertiary alicyclic amines) is 1. The summed E-state index contributed by atoms with van der Waals surface area (Å²) >= 11 is 0. The Labute approximate surface area is 207 Å². The van der Waals surface area contributed by atoms with Crippen LogP contribution in [-0.2, 0) is 29.8 Å². The molecule has 196 valence electrons. The van der Waals surface area contributed by atoms with Gasteiger partial charge in [0.2, 0.25) is 0 Å². The molecule has 0 bridgehead atoms. The van der Waals surface area contributed by atoms with Crippen LogP contribution < -0.4 is 5.32 Å². The summed E-state index contributed by atoms with van der Waals surface area (Å²) in [7, 11) is -2.64. The third kappa shape index (κ3) is 7.61. The number of imide groups is 1. The Morgan fingerprint density at radius 1 is 1.26 bits per heavy atom. The van der Waals surface area contributed by atoms with Crippen LogP contribution in [0.1, 0.15) is 58.4 Å². The molecule has 1 aromatic carbocycles. The highest BCUT2D eigenvalue weighted by Gasteiger charge is 2.55. The number of hydrogen-bond acceptors (Lipinski definition) is 7. The van der Waals surface area contributed by atoms with E-state index in [1.165, 1.54) is 14.0 Å². The summed E-state index contributed by atoms with van der Waals surface area (Å²) in [5.74, 6) is -0.667. The minimum Gasteiger partial charge on any atom is -0.445 e. The van der Waals surface area contributed by atoms with Gasteiger partial charge in [-0.3, -0.25) is 9.09 Å². The van der Waals surface area contributed by atoms with Gasteiger partial charge >= 0.3 is 25.7 Å². The zero-order valence-electron chi connectivity index (χ0n) is 21.0. The molecule has 1 aliphatic rings. The van der Waals surface area contributed by atoms with Crippen LogP contribution in [0.2, 0.25) is 0 Å². The topological polar surface area (TPSA) is 128 Å². The van der Waals surface area contributed by atoms with Gasteiger partial charge in [0.25, 0.3) is 0 Å². The van der Waals surface area contributed by atoms with Gasteiger partial charge in [0.05, 0.1) is 12.7 Å². The predicted octanol–water partition coefficient (Wildman–Crippen LogP) is 4.92. The van der Waals surface area contributed by atoms with Crippen LogP contribution in [0, 0.1) is 0 Å². The van der Waals surface area contributed by atoms with Crippen molar-refractivity contribution in [2.24, 2.45) is 0 Å². The maximum Gasteiger partial charge on any atom is 0.521 e. The zero-order valence-corrected chi connectivity index (χ0v) is 21.9. The Bertz CT molecular complexity index is 912. The average Bonchev–Trinajstić information content (AvgIpc) is 3.23. The molecule has 0 spiro atoms. The molecule has 1 aromatic rings. The van der Waals surface area contributed by atoms with Gasteiger partial charge in [-0.1, -0.05) is 50.1 Å². The van der Waals surface area contributed by atoms with Crippen LogP contribution in [0.5, 0.6) is 0 Å². The Morgan fingerprint density at radius 2 is 1.94 bits per heavy atom. The number of carbonyl (C=O) groups excluding carboxylic acids is 2. The molecule has 1 heterocycles. The van der Waals surface area contributed by atoms with Crippen LogP contribution in [0.25, 0.3) is 0 Å². The van der Waals surface area contributed by atoms with E-state index in [0.29, 0.717) is 19.3 Å². The number of unbranched alkanes of at least 4 members (excludes halogenated alkanes) is 1. The predicted molar refractivity (Wildman–Crippen MR) is 130 cm³/mol. The first-order valence-corrected chi connectivity index (χ1v) is 13.8. The lowest BCUT2D eigenvalue weighted by molar-refractivity contribution is -0.793. The van der Waals surface area contributed by atoms with E-state index in [1.54, 1.807) is 6.92 Å². The maximum atomic E-state index is 13.5. The van der Waals surface area contributed by atoms with Crippen LogP contribution >= 0.6 is 7.60 Å². The Kier molecular flexibility index (Phi) is 10.9. The largest absolute Gasteiger partial charge is 0.521 e. The van der Waals surface area contributed by atoms with Crippen LogP contribution in [0.3, 0.4) is 0 Å². The third-order valence-corrected chi connectivity index (χ3v) is 8.53. The molecule has 2 rings (SSSR count). The average molecular weight is 514 g/mol. The van der Waals surface area contributed by atoms with E-state index in [4.69, 9.17) is 13.8 Å². The highest BCUT2D eigenvalue weighted by atomic mass is 31.2. The van der Waals surface area contributed by atoms with E-state index in [0.717, 1.165) is 18.4 Å². The van der Waals surface area contributed by atoms with Gasteiger partial charge in [0, 0.05) is 26.0 Å². The first-order valence-electron chi connectivity index (χ1n) is 12.0. The van der Waals surface area contributed by atoms with Crippen LogP contribution in [0.15, 0.2) is 30.3 Å². The fourth-order valence-electron chi connectivity index (χ4n) is 4.41. The van der Waals surface area contributed by atoms with E-state index in [2.05, 4.69) is 5.32 Å². The summed E-state index contributed by atoms with van der Waals surface area (Å²) in [5.41, 5.74) is 0.831. The standard InChI is InChI=1S/C24H37N2O8P/c1-5-6-14-21(25-23(28)33-16-20-12-8-7-9-13-20)17-35(31,32-4)34-19(3)22(27)26(24(29)30)15-10-11-18(26)2/h7-9,12-13,18-19,21H,5-6,10-11,14-17H2,1-4H3,(H-,25,28,29,30)/p+1/t18-,19+,21+,26?,35?/m1/s1. The second-order valence-electron chi connectivity index (χ2n) is 8.97. The van der Waals surface area contributed by atoms with Crippen molar-refractivity contribution in [3.8, 4) is 0 Å². The number of ether oxygens (including phenoxy) is 1. The van der Waals surface area contributed by atoms with E-state index in [9.17, 15) is 24.1 Å². The molecule has 1 fully saturated rings. The second kappa shape index (κ2) is 13.2. The Morgan fingerprint density at radius 3 is 2.49 bits per heavy atom. The van der Waals surface area contributed by atoms with Crippen molar-refractivity contribution >= 4 is 25.7 Å². The quantitative estimate of drug-likeness (QED) is 0.298. The number of amides is 3. The van der Waals surface area contributed by atoms with Gasteiger partial charge in [-0.15, -0.1) is 0 Å². The molecular weight excluding hydrogens is 475 g/mol. The maximum absolute atomic E-state index is 13.5. The number of carboxylic acid groups (broad SMARTS) is 1. The van der Waals surface area contributed by atoms with Crippen molar-refractivity contribution in [3.63, 3.8) is 0 Å². The molecule has 1 saturated heterocycles. The molecule has 35 heavy (non-hydrogen) atoms. The van der Waals surface area contributed by atoms with Crippen molar-refractivity contribution in [1.82, 2.24) is 5.32 Å². The molecule has 10 nitrogen and oxygen atoms in total. The SMILES string of the molecule is CCCC[C@@H](CP(=O)(OC)O[C@@H](C)C(=O)[N+]1(C(=O)O)CCC[C@H]1C)NC(=O)OCc1ccccc1. The molecule has 0 saturated carbocycles. The minimum atomic E-state index is -3.85. The number of nitrogens with one attached hydrogen (secondary N) is 1. The van der Waals surface area contributed by atoms with Gasteiger partial charge in [-0.2, -0.15) is 9.28 Å². The molecule has 0 radical (unpaired) electrons. The van der Waals surface area contributed by atoms with Gasteiger partial charge in [0.1, 0.15) is 12.6 Å². The van der Waals surface area contributed by atoms with Crippen molar-refractivity contribution in [3.05, 3.63) is 35.9 Å². The normalized spacial score (nSPS) is 23.1. The molecule has 3 amide bonds. The highest BCUT2D eigenvalue weighted by Crippen LogP contribution is 2.50. The number of benzene rings is 1. The van der Waals surface area contributed by atoms with Crippen molar-refractivity contribution in [2.45, 2.75) is 77.7 Å². The molecule has 0 aromatic heterocycles. The van der Waals surface area contributed by atoms with E-state index in [1.807, 2.05) is 37.3 Å². The van der Waals surface area contributed by atoms with Gasteiger partial charge in [-0.05, 0) is 25.8 Å². The molecule has 0 aliphatic carbocycles. The van der Waals surface area contributed by atoms with E-state index < -0.39 is 48.4 Å². The summed E-state index contributed by atoms with van der Waals surface area (Å²) in [6, 6.07) is 8.22. The monoisotopic (exact) mass is 513 g/mol. The number of quaternary nitrogens is 1. The molecule has 2 N–H and O–H groups in total. The lowest BCUT2D eigenvalue weighted by atomic mass is 10.1. The van der Waals surface area contributed by atoms with E-state index in [-0.39, 0.29) is 19.3 Å². The fraction of sp³-hybridized carbons (Fsp3) is 0.625. The summed E-state index contributed by atoms with van der Waals surface area (Å²) in [5, 5.41) is 12.5. The Balaban J connectivity index is 2.07. The van der Waals surface area contributed by atoms with Crippen molar-refractivity contribution in [2.75, 3.05) is 19.8 Å². The first-order chi connectivity index (χ1) is 16.6. The van der Waals surface area contributed by atoms with Crippen LogP contribution in [-0.4, -0.2) is 65.7 Å². The van der Waals surface area contributed by atoms with Gasteiger partial charge < -0.3 is 19.7 Å². The van der Waals surface area contributed by atoms with E-state index >= 15 is 0 Å².